The normalized spacial score (nSPS) is 21.4. The van der Waals surface area contributed by atoms with Gasteiger partial charge in [-0.2, -0.15) is 4.98 Å². The van der Waals surface area contributed by atoms with Crippen molar-refractivity contribution < 1.29 is 0 Å². The Balaban J connectivity index is 1.88. The molecule has 6 heteroatoms. The second-order valence-electron chi connectivity index (χ2n) is 4.59. The van der Waals surface area contributed by atoms with Crippen LogP contribution in [0.3, 0.4) is 0 Å². The fourth-order valence-corrected chi connectivity index (χ4v) is 2.40. The van der Waals surface area contributed by atoms with Gasteiger partial charge in [0.2, 0.25) is 5.95 Å². The van der Waals surface area contributed by atoms with Crippen LogP contribution < -0.4 is 11.1 Å². The van der Waals surface area contributed by atoms with Crippen molar-refractivity contribution in [3.63, 3.8) is 0 Å². The Bertz CT molecular complexity index is 364. The second kappa shape index (κ2) is 5.51. The maximum absolute atomic E-state index is 5.82. The van der Waals surface area contributed by atoms with Gasteiger partial charge in [0.25, 0.3) is 0 Å². The van der Waals surface area contributed by atoms with Crippen molar-refractivity contribution in [1.82, 2.24) is 14.9 Å². The summed E-state index contributed by atoms with van der Waals surface area (Å²) in [4.78, 5) is 10.3. The minimum Gasteiger partial charge on any atom is -0.370 e. The highest BCUT2D eigenvalue weighted by Crippen LogP contribution is 2.17. The molecule has 1 aromatic heterocycles. The predicted octanol–water partition coefficient (Wildman–Crippen LogP) is 1.47. The number of likely N-dealkylation sites (tertiary alicyclic amines) is 1. The summed E-state index contributed by atoms with van der Waals surface area (Å²) >= 11 is 5.82. The molecule has 1 aliphatic rings. The molecule has 1 aromatic rings. The number of nitrogens with two attached hydrogens (primary N) is 1. The predicted molar refractivity (Wildman–Crippen MR) is 70.2 cm³/mol. The molecule has 1 fully saturated rings. The minimum absolute atomic E-state index is 0.209. The van der Waals surface area contributed by atoms with Crippen LogP contribution in [0.2, 0.25) is 5.15 Å². The van der Waals surface area contributed by atoms with E-state index in [-0.39, 0.29) is 5.95 Å². The molecule has 0 amide bonds. The highest BCUT2D eigenvalue weighted by molar-refractivity contribution is 6.29. The zero-order valence-corrected chi connectivity index (χ0v) is 10.7. The van der Waals surface area contributed by atoms with Crippen LogP contribution in [0.1, 0.15) is 12.8 Å². The number of hydrogen-bond acceptors (Lipinski definition) is 5. The number of halogens is 1. The van der Waals surface area contributed by atoms with E-state index in [1.54, 1.807) is 6.07 Å². The maximum atomic E-state index is 5.82. The van der Waals surface area contributed by atoms with Crippen molar-refractivity contribution >= 4 is 23.4 Å². The highest BCUT2D eigenvalue weighted by atomic mass is 35.5. The van der Waals surface area contributed by atoms with E-state index < -0.39 is 0 Å². The van der Waals surface area contributed by atoms with Crippen molar-refractivity contribution in [2.45, 2.75) is 12.8 Å². The average Bonchev–Trinajstić information content (AvgIpc) is 2.25. The summed E-state index contributed by atoms with van der Waals surface area (Å²) < 4.78 is 0. The molecule has 1 aliphatic heterocycles. The quantitative estimate of drug-likeness (QED) is 0.801. The van der Waals surface area contributed by atoms with E-state index in [0.29, 0.717) is 16.9 Å². The highest BCUT2D eigenvalue weighted by Gasteiger charge is 2.16. The fraction of sp³-hybridized carbons (Fsp3) is 0.636. The first-order valence-corrected chi connectivity index (χ1v) is 6.24. The van der Waals surface area contributed by atoms with E-state index in [1.165, 1.54) is 19.4 Å². The molecular formula is C11H18ClN5. The number of rotatable bonds is 3. The molecule has 3 N–H and O–H groups in total. The number of nitrogens with zero attached hydrogens (tertiary/aromatic N) is 3. The van der Waals surface area contributed by atoms with Crippen LogP contribution in [0.4, 0.5) is 11.8 Å². The van der Waals surface area contributed by atoms with Crippen LogP contribution in [0.15, 0.2) is 6.07 Å². The lowest BCUT2D eigenvalue weighted by molar-refractivity contribution is 0.217. The fourth-order valence-electron chi connectivity index (χ4n) is 2.21. The number of nitrogens with one attached hydrogen (secondary N) is 1. The smallest absolute Gasteiger partial charge is 0.223 e. The van der Waals surface area contributed by atoms with Crippen LogP contribution in [0.5, 0.6) is 0 Å². The Morgan fingerprint density at radius 2 is 2.41 bits per heavy atom. The number of hydrogen-bond donors (Lipinski definition) is 2. The Hall–Kier alpha value is -1.07. The molecule has 1 saturated heterocycles. The van der Waals surface area contributed by atoms with E-state index in [2.05, 4.69) is 27.2 Å². The van der Waals surface area contributed by atoms with Crippen molar-refractivity contribution in [2.24, 2.45) is 5.92 Å². The molecule has 0 bridgehead atoms. The van der Waals surface area contributed by atoms with Gasteiger partial charge in [-0.15, -0.1) is 0 Å². The first-order valence-electron chi connectivity index (χ1n) is 5.86. The number of aromatic nitrogens is 2. The first kappa shape index (κ1) is 12.4. The molecule has 0 aliphatic carbocycles. The summed E-state index contributed by atoms with van der Waals surface area (Å²) in [7, 11) is 2.16. The van der Waals surface area contributed by atoms with Gasteiger partial charge in [-0.1, -0.05) is 11.6 Å². The molecule has 2 heterocycles. The van der Waals surface area contributed by atoms with E-state index >= 15 is 0 Å². The summed E-state index contributed by atoms with van der Waals surface area (Å²) in [6.07, 6.45) is 2.52. The van der Waals surface area contributed by atoms with Crippen LogP contribution in [-0.4, -0.2) is 41.5 Å². The molecule has 94 valence electrons. The molecule has 0 radical (unpaired) electrons. The van der Waals surface area contributed by atoms with Crippen molar-refractivity contribution in [3.8, 4) is 0 Å². The summed E-state index contributed by atoms with van der Waals surface area (Å²) in [5.74, 6) is 1.57. The third-order valence-corrected chi connectivity index (χ3v) is 3.20. The lowest BCUT2D eigenvalue weighted by Gasteiger charge is -2.29. The molecule has 1 atom stereocenters. The van der Waals surface area contributed by atoms with Gasteiger partial charge in [-0.3, -0.25) is 0 Å². The van der Waals surface area contributed by atoms with Crippen LogP contribution in [0, 0.1) is 5.92 Å². The molecule has 17 heavy (non-hydrogen) atoms. The molecular weight excluding hydrogens is 238 g/mol. The topological polar surface area (TPSA) is 67.1 Å². The molecule has 5 nitrogen and oxygen atoms in total. The summed E-state index contributed by atoms with van der Waals surface area (Å²) in [6, 6.07) is 1.70. The van der Waals surface area contributed by atoms with E-state index in [1.807, 2.05) is 0 Å². The Morgan fingerprint density at radius 3 is 3.12 bits per heavy atom. The van der Waals surface area contributed by atoms with E-state index in [9.17, 15) is 0 Å². The SMILES string of the molecule is CN1CCCC(CNc2cc(Cl)nc(N)n2)C1. The summed E-state index contributed by atoms with van der Waals surface area (Å²) in [5, 5.41) is 3.65. The second-order valence-corrected chi connectivity index (χ2v) is 4.97. The maximum Gasteiger partial charge on any atom is 0.223 e. The van der Waals surface area contributed by atoms with E-state index in [0.717, 1.165) is 13.1 Å². The van der Waals surface area contributed by atoms with Gasteiger partial charge in [0, 0.05) is 19.2 Å². The van der Waals surface area contributed by atoms with Crippen molar-refractivity contribution in [2.75, 3.05) is 37.7 Å². The van der Waals surface area contributed by atoms with Gasteiger partial charge in [-0.25, -0.2) is 4.98 Å². The Kier molecular flexibility index (Phi) is 4.02. The molecule has 2 rings (SSSR count). The largest absolute Gasteiger partial charge is 0.370 e. The van der Waals surface area contributed by atoms with Gasteiger partial charge in [0.05, 0.1) is 0 Å². The van der Waals surface area contributed by atoms with Gasteiger partial charge >= 0.3 is 0 Å². The van der Waals surface area contributed by atoms with Crippen LogP contribution in [0.25, 0.3) is 0 Å². The third kappa shape index (κ3) is 3.71. The van der Waals surface area contributed by atoms with Gasteiger partial charge in [0.1, 0.15) is 11.0 Å². The molecule has 0 aromatic carbocycles. The molecule has 0 saturated carbocycles. The summed E-state index contributed by atoms with van der Waals surface area (Å²) in [6.45, 7) is 3.22. The van der Waals surface area contributed by atoms with Crippen molar-refractivity contribution in [1.29, 1.82) is 0 Å². The Labute approximate surface area is 106 Å². The van der Waals surface area contributed by atoms with E-state index in [4.69, 9.17) is 17.3 Å². The lowest BCUT2D eigenvalue weighted by Crippen LogP contribution is -2.35. The summed E-state index contributed by atoms with van der Waals surface area (Å²) in [5.41, 5.74) is 5.54. The van der Waals surface area contributed by atoms with Crippen LogP contribution >= 0.6 is 11.6 Å². The van der Waals surface area contributed by atoms with Crippen molar-refractivity contribution in [3.05, 3.63) is 11.2 Å². The van der Waals surface area contributed by atoms with Gasteiger partial charge in [-0.05, 0) is 32.4 Å². The average molecular weight is 256 g/mol. The number of nitrogen functional groups attached to an aromatic ring is 1. The number of anilines is 2. The Morgan fingerprint density at radius 1 is 1.59 bits per heavy atom. The molecule has 1 unspecified atom stereocenters. The zero-order valence-electron chi connectivity index (χ0n) is 9.99. The lowest BCUT2D eigenvalue weighted by atomic mass is 9.98. The monoisotopic (exact) mass is 255 g/mol. The molecule has 0 spiro atoms. The minimum atomic E-state index is 0.209. The standard InChI is InChI=1S/C11H18ClN5/c1-17-4-2-3-8(7-17)6-14-10-5-9(12)15-11(13)16-10/h5,8H,2-4,6-7H2,1H3,(H3,13,14,15,16). The zero-order chi connectivity index (χ0) is 12.3. The van der Waals surface area contributed by atoms with Gasteiger partial charge in [0.15, 0.2) is 0 Å². The first-order chi connectivity index (χ1) is 8.13. The number of piperidine rings is 1. The van der Waals surface area contributed by atoms with Crippen LogP contribution in [-0.2, 0) is 0 Å². The van der Waals surface area contributed by atoms with Gasteiger partial charge < -0.3 is 16.0 Å². The third-order valence-electron chi connectivity index (χ3n) is 3.01.